The number of rotatable bonds is 4. The van der Waals surface area contributed by atoms with Crippen LogP contribution in [0.4, 0.5) is 17.2 Å². The third-order valence-corrected chi connectivity index (χ3v) is 5.47. The quantitative estimate of drug-likeness (QED) is 0.596. The number of benzene rings is 1. The molecule has 3 heterocycles. The maximum atomic E-state index is 12.9. The fraction of sp³-hybridized carbons (Fsp3) is 0.400. The number of nitrogens with zero attached hydrogens (tertiary/aromatic N) is 4. The largest absolute Gasteiger partial charge is 0.366 e. The van der Waals surface area contributed by atoms with E-state index in [1.54, 1.807) is 17.0 Å². The summed E-state index contributed by atoms with van der Waals surface area (Å²) in [6.45, 7) is 4.27. The van der Waals surface area contributed by atoms with Gasteiger partial charge in [0.25, 0.3) is 17.4 Å². The molecule has 2 saturated heterocycles. The van der Waals surface area contributed by atoms with E-state index in [0.717, 1.165) is 44.8 Å². The van der Waals surface area contributed by atoms with Crippen LogP contribution in [-0.2, 0) is 0 Å². The summed E-state index contributed by atoms with van der Waals surface area (Å²) in [5, 5.41) is 11.6. The highest BCUT2D eigenvalue weighted by molar-refractivity contribution is 5.96. The minimum Gasteiger partial charge on any atom is -0.366 e. The molecule has 1 N–H and O–H groups in total. The third kappa shape index (κ3) is 3.62. The van der Waals surface area contributed by atoms with Crippen LogP contribution in [-0.4, -0.2) is 55.0 Å². The van der Waals surface area contributed by atoms with Gasteiger partial charge in [0.15, 0.2) is 0 Å². The summed E-state index contributed by atoms with van der Waals surface area (Å²) < 4.78 is 0. The molecule has 8 nitrogen and oxygen atoms in total. The van der Waals surface area contributed by atoms with Crippen molar-refractivity contribution in [2.24, 2.45) is 0 Å². The second-order valence-corrected chi connectivity index (χ2v) is 7.18. The highest BCUT2D eigenvalue weighted by Gasteiger charge is 2.29. The SMILES string of the molecule is O=C(c1ccc(N2CCCC2)c([N+](=O)[O-])c1)N1CCN(c2cccc[nH+]2)CC1. The molecular formula is C20H24N5O3+. The van der Waals surface area contributed by atoms with Crippen molar-refractivity contribution in [3.05, 3.63) is 58.3 Å². The standard InChI is InChI=1S/C20H23N5O3/c26-20(24-13-11-23(12-14-24)19-5-1-2-8-21-19)16-6-7-17(18(15-16)25(27)28)22-9-3-4-10-22/h1-2,5-8,15H,3-4,9-14H2/p+1. The maximum Gasteiger partial charge on any atom is 0.293 e. The first kappa shape index (κ1) is 18.2. The predicted molar refractivity (Wildman–Crippen MR) is 106 cm³/mol. The minimum atomic E-state index is -0.381. The Morgan fingerprint density at radius 2 is 1.71 bits per heavy atom. The van der Waals surface area contributed by atoms with Crippen molar-refractivity contribution in [1.29, 1.82) is 0 Å². The zero-order valence-corrected chi connectivity index (χ0v) is 15.7. The molecular weight excluding hydrogens is 358 g/mol. The fourth-order valence-electron chi connectivity index (χ4n) is 3.94. The van der Waals surface area contributed by atoms with Gasteiger partial charge in [0.2, 0.25) is 0 Å². The Labute approximate surface area is 163 Å². The summed E-state index contributed by atoms with van der Waals surface area (Å²) in [4.78, 5) is 33.3. The number of anilines is 2. The van der Waals surface area contributed by atoms with Gasteiger partial charge in [0.05, 0.1) is 24.2 Å². The van der Waals surface area contributed by atoms with E-state index in [0.29, 0.717) is 24.3 Å². The van der Waals surface area contributed by atoms with Crippen molar-refractivity contribution in [3.63, 3.8) is 0 Å². The molecule has 2 aliphatic rings. The van der Waals surface area contributed by atoms with Gasteiger partial charge in [-0.15, -0.1) is 0 Å². The van der Waals surface area contributed by atoms with Gasteiger partial charge in [-0.3, -0.25) is 19.8 Å². The van der Waals surface area contributed by atoms with E-state index < -0.39 is 0 Å². The Kier molecular flexibility index (Phi) is 5.10. The van der Waals surface area contributed by atoms with E-state index in [2.05, 4.69) is 9.88 Å². The number of H-pyrrole nitrogens is 1. The molecule has 2 fully saturated rings. The van der Waals surface area contributed by atoms with E-state index in [1.165, 1.54) is 6.07 Å². The number of carbonyl (C=O) groups is 1. The Morgan fingerprint density at radius 1 is 0.964 bits per heavy atom. The first-order valence-electron chi connectivity index (χ1n) is 9.68. The molecule has 0 atom stereocenters. The van der Waals surface area contributed by atoms with Crippen LogP contribution in [0.25, 0.3) is 0 Å². The Balaban J connectivity index is 1.47. The van der Waals surface area contributed by atoms with Crippen molar-refractivity contribution < 1.29 is 14.7 Å². The van der Waals surface area contributed by atoms with Crippen LogP contribution in [0, 0.1) is 10.1 Å². The molecule has 0 saturated carbocycles. The van der Waals surface area contributed by atoms with Crippen LogP contribution in [0.1, 0.15) is 23.2 Å². The van der Waals surface area contributed by atoms with Crippen molar-refractivity contribution in [3.8, 4) is 0 Å². The summed E-state index contributed by atoms with van der Waals surface area (Å²) in [5.41, 5.74) is 1.02. The van der Waals surface area contributed by atoms with E-state index in [1.807, 2.05) is 29.3 Å². The lowest BCUT2D eigenvalue weighted by Crippen LogP contribution is -2.50. The van der Waals surface area contributed by atoms with Crippen molar-refractivity contribution in [2.45, 2.75) is 12.8 Å². The monoisotopic (exact) mass is 382 g/mol. The van der Waals surface area contributed by atoms with Crippen LogP contribution in [0.15, 0.2) is 42.6 Å². The van der Waals surface area contributed by atoms with Crippen LogP contribution < -0.4 is 14.8 Å². The van der Waals surface area contributed by atoms with Gasteiger partial charge in [-0.05, 0) is 31.0 Å². The number of piperazine rings is 1. The summed E-state index contributed by atoms with van der Waals surface area (Å²) in [7, 11) is 0. The molecule has 0 unspecified atom stereocenters. The van der Waals surface area contributed by atoms with Crippen molar-refractivity contribution in [2.75, 3.05) is 49.1 Å². The molecule has 0 radical (unpaired) electrons. The molecule has 28 heavy (non-hydrogen) atoms. The highest BCUT2D eigenvalue weighted by Crippen LogP contribution is 2.32. The third-order valence-electron chi connectivity index (χ3n) is 5.47. The van der Waals surface area contributed by atoms with Gasteiger partial charge in [-0.25, -0.2) is 4.98 Å². The summed E-state index contributed by atoms with van der Waals surface area (Å²) in [6.07, 6.45) is 3.97. The average molecular weight is 382 g/mol. The smallest absolute Gasteiger partial charge is 0.293 e. The van der Waals surface area contributed by atoms with Crippen LogP contribution in [0.3, 0.4) is 0 Å². The first-order valence-corrected chi connectivity index (χ1v) is 9.68. The number of aromatic amines is 1. The van der Waals surface area contributed by atoms with Crippen LogP contribution in [0.2, 0.25) is 0 Å². The molecule has 8 heteroatoms. The summed E-state index contributed by atoms with van der Waals surface area (Å²) in [6, 6.07) is 10.8. The molecule has 0 aliphatic carbocycles. The van der Waals surface area contributed by atoms with E-state index in [9.17, 15) is 14.9 Å². The predicted octanol–water partition coefficient (Wildman–Crippen LogP) is 1.97. The molecule has 0 spiro atoms. The van der Waals surface area contributed by atoms with E-state index in [4.69, 9.17) is 0 Å². The Bertz CT molecular complexity index is 859. The lowest BCUT2D eigenvalue weighted by atomic mass is 10.1. The normalized spacial score (nSPS) is 17.1. The van der Waals surface area contributed by atoms with Crippen LogP contribution >= 0.6 is 0 Å². The highest BCUT2D eigenvalue weighted by atomic mass is 16.6. The molecule has 0 bridgehead atoms. The number of hydrogen-bond acceptors (Lipinski definition) is 5. The lowest BCUT2D eigenvalue weighted by Gasteiger charge is -2.31. The number of nitrogens with one attached hydrogen (secondary N) is 1. The Morgan fingerprint density at radius 3 is 2.36 bits per heavy atom. The second kappa shape index (κ2) is 7.84. The number of pyridine rings is 1. The fourth-order valence-corrected chi connectivity index (χ4v) is 3.94. The lowest BCUT2D eigenvalue weighted by molar-refractivity contribution is -0.384. The number of nitro groups is 1. The first-order chi connectivity index (χ1) is 13.6. The maximum absolute atomic E-state index is 12.9. The number of aromatic nitrogens is 1. The molecule has 146 valence electrons. The molecule has 1 amide bonds. The second-order valence-electron chi connectivity index (χ2n) is 7.18. The number of nitro benzene ring substituents is 1. The van der Waals surface area contributed by atoms with E-state index >= 15 is 0 Å². The van der Waals surface area contributed by atoms with Gasteiger partial charge >= 0.3 is 0 Å². The molecule has 1 aromatic carbocycles. The van der Waals surface area contributed by atoms with Gasteiger partial charge in [0, 0.05) is 30.8 Å². The molecule has 2 aliphatic heterocycles. The topological polar surface area (TPSA) is 84.1 Å². The average Bonchev–Trinajstić information content (AvgIpc) is 3.28. The minimum absolute atomic E-state index is 0.0188. The van der Waals surface area contributed by atoms with E-state index in [-0.39, 0.29) is 16.5 Å². The van der Waals surface area contributed by atoms with Crippen molar-refractivity contribution >= 4 is 23.1 Å². The number of amides is 1. The zero-order chi connectivity index (χ0) is 19.5. The molecule has 1 aromatic heterocycles. The summed E-state index contributed by atoms with van der Waals surface area (Å²) in [5.74, 6) is 0.882. The number of hydrogen-bond donors (Lipinski definition) is 0. The molecule has 2 aromatic rings. The zero-order valence-electron chi connectivity index (χ0n) is 15.7. The van der Waals surface area contributed by atoms with Gasteiger partial charge in [-0.1, -0.05) is 6.07 Å². The van der Waals surface area contributed by atoms with Gasteiger partial charge in [-0.2, -0.15) is 0 Å². The van der Waals surface area contributed by atoms with Gasteiger partial charge in [0.1, 0.15) is 18.8 Å². The number of carbonyl (C=O) groups excluding carboxylic acids is 1. The Hall–Kier alpha value is -3.16. The van der Waals surface area contributed by atoms with Crippen LogP contribution in [0.5, 0.6) is 0 Å². The van der Waals surface area contributed by atoms with Crippen molar-refractivity contribution in [1.82, 2.24) is 4.90 Å². The summed E-state index contributed by atoms with van der Waals surface area (Å²) >= 11 is 0. The molecule has 4 rings (SSSR count). The van der Waals surface area contributed by atoms with Gasteiger partial charge < -0.3 is 9.80 Å².